The van der Waals surface area contributed by atoms with E-state index in [0.29, 0.717) is 13.1 Å². The van der Waals surface area contributed by atoms with E-state index in [1.165, 1.54) is 0 Å². The summed E-state index contributed by atoms with van der Waals surface area (Å²) in [6.07, 6.45) is 3.09. The van der Waals surface area contributed by atoms with Gasteiger partial charge in [-0.15, -0.1) is 0 Å². The van der Waals surface area contributed by atoms with E-state index in [0.717, 1.165) is 40.5 Å². The molecule has 144 valence electrons. The Kier molecular flexibility index (Phi) is 6.34. The summed E-state index contributed by atoms with van der Waals surface area (Å²) in [5.74, 6) is -0.141. The molecule has 0 unspecified atom stereocenters. The second-order valence-electron chi connectivity index (χ2n) is 6.80. The van der Waals surface area contributed by atoms with E-state index in [4.69, 9.17) is 0 Å². The van der Waals surface area contributed by atoms with Gasteiger partial charge in [0.05, 0.1) is 11.3 Å². The fourth-order valence-corrected chi connectivity index (χ4v) is 4.99. The van der Waals surface area contributed by atoms with Crippen molar-refractivity contribution in [3.63, 3.8) is 0 Å². The molecule has 5 nitrogen and oxygen atoms in total. The Bertz CT molecular complexity index is 921. The summed E-state index contributed by atoms with van der Waals surface area (Å²) in [5.41, 5.74) is 2.59. The molecule has 7 heteroatoms. The molecule has 1 saturated heterocycles. The third kappa shape index (κ3) is 4.97. The average Bonchev–Trinajstić information content (AvgIpc) is 2.66. The van der Waals surface area contributed by atoms with Gasteiger partial charge in [-0.2, -0.15) is 4.31 Å². The molecule has 0 spiro atoms. The number of nitrogens with zero attached hydrogens (tertiary/aromatic N) is 1. The van der Waals surface area contributed by atoms with E-state index >= 15 is 0 Å². The predicted octanol–water partition coefficient (Wildman–Crippen LogP) is 4.11. The Balaban J connectivity index is 1.64. The summed E-state index contributed by atoms with van der Waals surface area (Å²) in [4.78, 5) is 12.5. The fraction of sp³-hybridized carbons (Fsp3) is 0.350. The Hall–Kier alpha value is -1.70. The normalized spacial score (nSPS) is 15.5. The zero-order valence-corrected chi connectivity index (χ0v) is 17.6. The first-order valence-corrected chi connectivity index (χ1v) is 11.2. The molecule has 27 heavy (non-hydrogen) atoms. The maximum absolute atomic E-state index is 12.7. The number of halogens is 1. The van der Waals surface area contributed by atoms with Gasteiger partial charge in [0.2, 0.25) is 15.9 Å². The van der Waals surface area contributed by atoms with Crippen LogP contribution in [0, 0.1) is 6.92 Å². The van der Waals surface area contributed by atoms with Crippen LogP contribution in [-0.2, 0) is 21.2 Å². The number of benzene rings is 2. The lowest BCUT2D eigenvalue weighted by atomic mass is 10.1. The minimum absolute atomic E-state index is 0.141. The molecule has 2 aromatic carbocycles. The van der Waals surface area contributed by atoms with Crippen LogP contribution in [0.15, 0.2) is 51.8 Å². The first kappa shape index (κ1) is 20.0. The van der Waals surface area contributed by atoms with Crippen LogP contribution in [-0.4, -0.2) is 31.7 Å². The number of hydrogen-bond acceptors (Lipinski definition) is 3. The second-order valence-corrected chi connectivity index (χ2v) is 9.59. The first-order chi connectivity index (χ1) is 12.9. The number of carbonyl (C=O) groups excluding carboxylic acids is 1. The molecule has 0 aliphatic carbocycles. The number of sulfonamides is 1. The van der Waals surface area contributed by atoms with Gasteiger partial charge >= 0.3 is 0 Å². The second kappa shape index (κ2) is 8.54. The van der Waals surface area contributed by atoms with Gasteiger partial charge in [0.15, 0.2) is 0 Å². The predicted molar refractivity (Wildman–Crippen MR) is 110 cm³/mol. The molecule has 1 heterocycles. The van der Waals surface area contributed by atoms with Gasteiger partial charge < -0.3 is 5.32 Å². The van der Waals surface area contributed by atoms with Crippen molar-refractivity contribution in [1.29, 1.82) is 0 Å². The standard InChI is InChI=1S/C20H23BrN2O3S/c1-15-5-8-17(14-19(15)21)22-20(24)13-16-6-9-18(10-7-16)27(25,26)23-11-3-2-4-12-23/h5-10,14H,2-4,11-13H2,1H3,(H,22,24). The summed E-state index contributed by atoms with van der Waals surface area (Å²) < 4.78 is 27.8. The quantitative estimate of drug-likeness (QED) is 0.744. The van der Waals surface area contributed by atoms with Crippen molar-refractivity contribution in [2.45, 2.75) is 37.5 Å². The molecule has 0 radical (unpaired) electrons. The number of amides is 1. The number of nitrogens with one attached hydrogen (secondary N) is 1. The maximum Gasteiger partial charge on any atom is 0.243 e. The molecule has 0 saturated carbocycles. The molecular weight excluding hydrogens is 428 g/mol. The molecule has 3 rings (SSSR count). The van der Waals surface area contributed by atoms with Crippen molar-refractivity contribution < 1.29 is 13.2 Å². The highest BCUT2D eigenvalue weighted by Crippen LogP contribution is 2.22. The van der Waals surface area contributed by atoms with Gasteiger partial charge in [0, 0.05) is 23.2 Å². The van der Waals surface area contributed by atoms with Crippen LogP contribution in [0.25, 0.3) is 0 Å². The highest BCUT2D eigenvalue weighted by Gasteiger charge is 2.25. The van der Waals surface area contributed by atoms with Gasteiger partial charge in [-0.25, -0.2) is 8.42 Å². The van der Waals surface area contributed by atoms with Gasteiger partial charge in [-0.05, 0) is 55.2 Å². The SMILES string of the molecule is Cc1ccc(NC(=O)Cc2ccc(S(=O)(=O)N3CCCCC3)cc2)cc1Br. The lowest BCUT2D eigenvalue weighted by Gasteiger charge is -2.25. The van der Waals surface area contributed by atoms with Crippen LogP contribution in [0.2, 0.25) is 0 Å². The number of carbonyl (C=O) groups is 1. The summed E-state index contributed by atoms with van der Waals surface area (Å²) in [7, 11) is -3.44. The van der Waals surface area contributed by atoms with Crippen molar-refractivity contribution in [1.82, 2.24) is 4.31 Å². The van der Waals surface area contributed by atoms with Gasteiger partial charge in [0.25, 0.3) is 0 Å². The summed E-state index contributed by atoms with van der Waals surface area (Å²) in [6.45, 7) is 3.15. The van der Waals surface area contributed by atoms with Crippen LogP contribution >= 0.6 is 15.9 Å². The molecular formula is C20H23BrN2O3S. The molecule has 1 amide bonds. The van der Waals surface area contributed by atoms with Crippen LogP contribution in [0.5, 0.6) is 0 Å². The largest absolute Gasteiger partial charge is 0.326 e. The van der Waals surface area contributed by atoms with E-state index in [9.17, 15) is 13.2 Å². The minimum Gasteiger partial charge on any atom is -0.326 e. The highest BCUT2D eigenvalue weighted by atomic mass is 79.9. The maximum atomic E-state index is 12.7. The molecule has 0 aromatic heterocycles. The molecule has 1 fully saturated rings. The van der Waals surface area contributed by atoms with E-state index in [1.54, 1.807) is 28.6 Å². The Morgan fingerprint density at radius 3 is 2.37 bits per heavy atom. The third-order valence-corrected chi connectivity index (χ3v) is 7.46. The molecule has 1 aliphatic heterocycles. The van der Waals surface area contributed by atoms with Crippen molar-refractivity contribution in [2.24, 2.45) is 0 Å². The molecule has 0 atom stereocenters. The van der Waals surface area contributed by atoms with Crippen molar-refractivity contribution in [3.8, 4) is 0 Å². The first-order valence-electron chi connectivity index (χ1n) is 9.01. The number of rotatable bonds is 5. The lowest BCUT2D eigenvalue weighted by molar-refractivity contribution is -0.115. The molecule has 2 aromatic rings. The van der Waals surface area contributed by atoms with Crippen molar-refractivity contribution in [3.05, 3.63) is 58.1 Å². The van der Waals surface area contributed by atoms with E-state index in [1.807, 2.05) is 25.1 Å². The van der Waals surface area contributed by atoms with E-state index < -0.39 is 10.0 Å². The summed E-state index contributed by atoms with van der Waals surface area (Å²) >= 11 is 3.45. The zero-order chi connectivity index (χ0) is 19.4. The number of aryl methyl sites for hydroxylation is 1. The fourth-order valence-electron chi connectivity index (χ4n) is 3.09. The van der Waals surface area contributed by atoms with Crippen LogP contribution in [0.1, 0.15) is 30.4 Å². The minimum atomic E-state index is -3.44. The number of hydrogen-bond donors (Lipinski definition) is 1. The summed E-state index contributed by atoms with van der Waals surface area (Å²) in [6, 6.07) is 12.3. The average molecular weight is 451 g/mol. The molecule has 1 N–H and O–H groups in total. The van der Waals surface area contributed by atoms with E-state index in [-0.39, 0.29) is 17.2 Å². The summed E-state index contributed by atoms with van der Waals surface area (Å²) in [5, 5.41) is 2.86. The van der Waals surface area contributed by atoms with Crippen molar-refractivity contribution >= 4 is 37.5 Å². The highest BCUT2D eigenvalue weighted by molar-refractivity contribution is 9.10. The Morgan fingerprint density at radius 2 is 1.74 bits per heavy atom. The Labute approximate surface area is 169 Å². The smallest absolute Gasteiger partial charge is 0.243 e. The Morgan fingerprint density at radius 1 is 1.07 bits per heavy atom. The third-order valence-electron chi connectivity index (χ3n) is 4.70. The number of piperidine rings is 1. The molecule has 0 bridgehead atoms. The van der Waals surface area contributed by atoms with Crippen LogP contribution in [0.4, 0.5) is 5.69 Å². The topological polar surface area (TPSA) is 66.5 Å². The molecule has 1 aliphatic rings. The van der Waals surface area contributed by atoms with Gasteiger partial charge in [0.1, 0.15) is 0 Å². The zero-order valence-electron chi connectivity index (χ0n) is 15.2. The van der Waals surface area contributed by atoms with Crippen LogP contribution in [0.3, 0.4) is 0 Å². The van der Waals surface area contributed by atoms with Gasteiger partial charge in [-0.1, -0.05) is 40.5 Å². The van der Waals surface area contributed by atoms with E-state index in [2.05, 4.69) is 21.2 Å². The van der Waals surface area contributed by atoms with Gasteiger partial charge in [-0.3, -0.25) is 4.79 Å². The lowest BCUT2D eigenvalue weighted by Crippen LogP contribution is -2.35. The number of anilines is 1. The monoisotopic (exact) mass is 450 g/mol. The van der Waals surface area contributed by atoms with Crippen molar-refractivity contribution in [2.75, 3.05) is 18.4 Å². The van der Waals surface area contributed by atoms with Crippen LogP contribution < -0.4 is 5.32 Å².